The lowest BCUT2D eigenvalue weighted by molar-refractivity contribution is 0.0953. The van der Waals surface area contributed by atoms with Gasteiger partial charge in [0.25, 0.3) is 5.91 Å². The monoisotopic (exact) mass is 480 g/mol. The number of ether oxygens (including phenoxy) is 1. The standard InChI is InChI=1S/C27H32N2O4S/c1-4-33-26-14-8-7-11-22(26)13-9-19-28-27(30)23-15-17-25(18-16-23)29(34(3,31)32)20-24-12-6-5-10-21(24)2/h5-8,10-12,14-18H,4,9,13,19-20H2,1-3H3,(H,28,30). The van der Waals surface area contributed by atoms with Crippen LogP contribution in [0.1, 0.15) is 40.4 Å². The minimum Gasteiger partial charge on any atom is -0.494 e. The topological polar surface area (TPSA) is 75.7 Å². The molecule has 0 spiro atoms. The Bertz CT molecular complexity index is 1210. The number of aryl methyl sites for hydroxylation is 2. The molecule has 34 heavy (non-hydrogen) atoms. The summed E-state index contributed by atoms with van der Waals surface area (Å²) in [6.07, 6.45) is 2.78. The number of amides is 1. The lowest BCUT2D eigenvalue weighted by atomic mass is 10.1. The number of benzene rings is 3. The second-order valence-electron chi connectivity index (χ2n) is 8.14. The summed E-state index contributed by atoms with van der Waals surface area (Å²) in [4.78, 5) is 12.6. The Morgan fingerprint density at radius 1 is 0.941 bits per heavy atom. The van der Waals surface area contributed by atoms with Crippen molar-refractivity contribution in [2.75, 3.05) is 23.7 Å². The molecule has 7 heteroatoms. The Kier molecular flexibility index (Phi) is 8.71. The maximum absolute atomic E-state index is 12.6. The predicted molar refractivity (Wildman–Crippen MR) is 137 cm³/mol. The minimum atomic E-state index is -3.50. The first kappa shape index (κ1) is 25.3. The average Bonchev–Trinajstić information content (AvgIpc) is 2.82. The number of para-hydroxylation sites is 1. The summed E-state index contributed by atoms with van der Waals surface area (Å²) in [5, 5.41) is 2.94. The number of hydrogen-bond donors (Lipinski definition) is 1. The maximum atomic E-state index is 12.6. The third-order valence-electron chi connectivity index (χ3n) is 5.57. The van der Waals surface area contributed by atoms with Gasteiger partial charge < -0.3 is 10.1 Å². The molecule has 0 saturated heterocycles. The van der Waals surface area contributed by atoms with E-state index in [1.54, 1.807) is 24.3 Å². The molecule has 0 aromatic heterocycles. The van der Waals surface area contributed by atoms with Crippen molar-refractivity contribution in [1.82, 2.24) is 5.32 Å². The highest BCUT2D eigenvalue weighted by molar-refractivity contribution is 7.92. The lowest BCUT2D eigenvalue weighted by Crippen LogP contribution is -2.30. The molecule has 0 heterocycles. The van der Waals surface area contributed by atoms with Gasteiger partial charge in [-0.1, -0.05) is 42.5 Å². The van der Waals surface area contributed by atoms with Crippen molar-refractivity contribution < 1.29 is 17.9 Å². The largest absolute Gasteiger partial charge is 0.494 e. The van der Waals surface area contributed by atoms with Crippen LogP contribution in [0.2, 0.25) is 0 Å². The van der Waals surface area contributed by atoms with Gasteiger partial charge in [0.1, 0.15) is 5.75 Å². The normalized spacial score (nSPS) is 11.1. The van der Waals surface area contributed by atoms with Crippen molar-refractivity contribution in [2.24, 2.45) is 0 Å². The van der Waals surface area contributed by atoms with E-state index in [4.69, 9.17) is 4.74 Å². The fraction of sp³-hybridized carbons (Fsp3) is 0.296. The molecule has 0 radical (unpaired) electrons. The van der Waals surface area contributed by atoms with Crippen molar-refractivity contribution in [1.29, 1.82) is 0 Å². The summed E-state index contributed by atoms with van der Waals surface area (Å²) in [6.45, 7) is 5.30. The van der Waals surface area contributed by atoms with Crippen LogP contribution in [-0.2, 0) is 23.0 Å². The van der Waals surface area contributed by atoms with E-state index < -0.39 is 10.0 Å². The SMILES string of the molecule is CCOc1ccccc1CCCNC(=O)c1ccc(N(Cc2ccccc2C)S(C)(=O)=O)cc1. The van der Waals surface area contributed by atoms with Gasteiger partial charge in [0, 0.05) is 12.1 Å². The quantitative estimate of drug-likeness (QED) is 0.403. The number of rotatable bonds is 11. The summed E-state index contributed by atoms with van der Waals surface area (Å²) in [6, 6.07) is 22.3. The first-order chi connectivity index (χ1) is 16.3. The highest BCUT2D eigenvalue weighted by Crippen LogP contribution is 2.23. The van der Waals surface area contributed by atoms with Gasteiger partial charge in [-0.2, -0.15) is 0 Å². The van der Waals surface area contributed by atoms with Crippen LogP contribution in [0.3, 0.4) is 0 Å². The van der Waals surface area contributed by atoms with Gasteiger partial charge in [0.05, 0.1) is 25.1 Å². The van der Waals surface area contributed by atoms with Gasteiger partial charge >= 0.3 is 0 Å². The van der Waals surface area contributed by atoms with Gasteiger partial charge in [0.2, 0.25) is 10.0 Å². The molecule has 0 atom stereocenters. The lowest BCUT2D eigenvalue weighted by Gasteiger charge is -2.23. The van der Waals surface area contributed by atoms with Crippen LogP contribution >= 0.6 is 0 Å². The minimum absolute atomic E-state index is 0.186. The molecular weight excluding hydrogens is 448 g/mol. The molecule has 0 aliphatic heterocycles. The molecule has 3 aromatic carbocycles. The number of sulfonamides is 1. The Labute approximate surface area is 202 Å². The first-order valence-corrected chi connectivity index (χ1v) is 13.3. The third-order valence-corrected chi connectivity index (χ3v) is 6.71. The van der Waals surface area contributed by atoms with Crippen LogP contribution < -0.4 is 14.4 Å². The molecule has 180 valence electrons. The number of nitrogens with zero attached hydrogens (tertiary/aromatic N) is 1. The van der Waals surface area contributed by atoms with Crippen LogP contribution in [0.4, 0.5) is 5.69 Å². The number of nitrogens with one attached hydrogen (secondary N) is 1. The maximum Gasteiger partial charge on any atom is 0.251 e. The van der Waals surface area contributed by atoms with Crippen molar-refractivity contribution in [3.05, 3.63) is 95.1 Å². The van der Waals surface area contributed by atoms with Gasteiger partial charge in [0.15, 0.2) is 0 Å². The van der Waals surface area contributed by atoms with Crippen LogP contribution in [0.25, 0.3) is 0 Å². The molecular formula is C27H32N2O4S. The number of carbonyl (C=O) groups is 1. The van der Waals surface area contributed by atoms with E-state index in [0.29, 0.717) is 24.4 Å². The molecule has 1 N–H and O–H groups in total. The zero-order valence-corrected chi connectivity index (χ0v) is 20.8. The number of anilines is 1. The smallest absolute Gasteiger partial charge is 0.251 e. The van der Waals surface area contributed by atoms with Crippen molar-refractivity contribution >= 4 is 21.6 Å². The van der Waals surface area contributed by atoms with E-state index in [9.17, 15) is 13.2 Å². The van der Waals surface area contributed by atoms with E-state index in [1.165, 1.54) is 10.6 Å². The third kappa shape index (κ3) is 6.84. The zero-order chi connectivity index (χ0) is 24.6. The van der Waals surface area contributed by atoms with Crippen LogP contribution in [-0.4, -0.2) is 33.7 Å². The number of carbonyl (C=O) groups excluding carboxylic acids is 1. The summed E-state index contributed by atoms with van der Waals surface area (Å²) in [5.74, 6) is 0.697. The van der Waals surface area contributed by atoms with E-state index in [2.05, 4.69) is 5.32 Å². The van der Waals surface area contributed by atoms with Crippen molar-refractivity contribution in [3.63, 3.8) is 0 Å². The Hall–Kier alpha value is -3.32. The summed E-state index contributed by atoms with van der Waals surface area (Å²) in [7, 11) is -3.50. The predicted octanol–water partition coefficient (Wildman–Crippen LogP) is 4.72. The van der Waals surface area contributed by atoms with Gasteiger partial charge in [-0.25, -0.2) is 8.42 Å². The number of hydrogen-bond acceptors (Lipinski definition) is 4. The zero-order valence-electron chi connectivity index (χ0n) is 20.0. The molecule has 0 saturated carbocycles. The van der Waals surface area contributed by atoms with Crippen molar-refractivity contribution in [3.8, 4) is 5.75 Å². The van der Waals surface area contributed by atoms with Gasteiger partial charge in [-0.3, -0.25) is 9.10 Å². The second kappa shape index (κ2) is 11.7. The molecule has 3 rings (SSSR count). The second-order valence-corrected chi connectivity index (χ2v) is 10.0. The summed E-state index contributed by atoms with van der Waals surface area (Å²) in [5.41, 5.74) is 4.09. The Balaban J connectivity index is 1.60. The van der Waals surface area contributed by atoms with E-state index in [0.717, 1.165) is 35.3 Å². The highest BCUT2D eigenvalue weighted by atomic mass is 32.2. The van der Waals surface area contributed by atoms with Crippen molar-refractivity contribution in [2.45, 2.75) is 33.2 Å². The van der Waals surface area contributed by atoms with E-state index in [1.807, 2.05) is 62.4 Å². The molecule has 6 nitrogen and oxygen atoms in total. The average molecular weight is 481 g/mol. The van der Waals surface area contributed by atoms with Crippen LogP contribution in [0.15, 0.2) is 72.8 Å². The summed E-state index contributed by atoms with van der Waals surface area (Å²) >= 11 is 0. The molecule has 0 fully saturated rings. The fourth-order valence-electron chi connectivity index (χ4n) is 3.71. The highest BCUT2D eigenvalue weighted by Gasteiger charge is 2.19. The van der Waals surface area contributed by atoms with Gasteiger partial charge in [-0.05, 0) is 73.7 Å². The van der Waals surface area contributed by atoms with Crippen LogP contribution in [0.5, 0.6) is 5.75 Å². The van der Waals surface area contributed by atoms with Gasteiger partial charge in [-0.15, -0.1) is 0 Å². The summed E-state index contributed by atoms with van der Waals surface area (Å²) < 4.78 is 31.9. The molecule has 0 unspecified atom stereocenters. The van der Waals surface area contributed by atoms with E-state index in [-0.39, 0.29) is 12.5 Å². The molecule has 0 bridgehead atoms. The molecule has 1 amide bonds. The molecule has 0 aliphatic rings. The Morgan fingerprint density at radius 2 is 1.59 bits per heavy atom. The van der Waals surface area contributed by atoms with Crippen LogP contribution in [0, 0.1) is 6.92 Å². The molecule has 0 aliphatic carbocycles. The first-order valence-electron chi connectivity index (χ1n) is 11.4. The Morgan fingerprint density at radius 3 is 2.24 bits per heavy atom. The fourth-order valence-corrected chi connectivity index (χ4v) is 4.59. The molecule has 3 aromatic rings. The van der Waals surface area contributed by atoms with E-state index >= 15 is 0 Å².